The standard InChI is InChI=1S/C18H14F2N6O3S/c19-14-9-12(4-5-16(14)29-7-6-21)24-17-15(20)10-23-18(26-17)25-11-2-1-3-13(8-11)30(22,27)28/h1-5,8-10H,7H2,(H2,22,27,28)(H2,23,24,25,26). The molecule has 4 N–H and O–H groups in total. The van der Waals surface area contributed by atoms with Crippen molar-refractivity contribution in [3.63, 3.8) is 0 Å². The minimum absolute atomic E-state index is 0.0417. The molecular formula is C18H14F2N6O3S. The van der Waals surface area contributed by atoms with Gasteiger partial charge in [-0.3, -0.25) is 0 Å². The van der Waals surface area contributed by atoms with Gasteiger partial charge in [0.15, 0.2) is 29.8 Å². The van der Waals surface area contributed by atoms with Crippen LogP contribution in [0.3, 0.4) is 0 Å². The average molecular weight is 432 g/mol. The fraction of sp³-hybridized carbons (Fsp3) is 0.0556. The first-order valence-corrected chi connectivity index (χ1v) is 9.79. The second kappa shape index (κ2) is 8.68. The van der Waals surface area contributed by atoms with E-state index in [0.717, 1.165) is 12.3 Å². The zero-order valence-corrected chi connectivity index (χ0v) is 16.0. The molecule has 9 nitrogen and oxygen atoms in total. The quantitative estimate of drug-likeness (QED) is 0.517. The molecule has 154 valence electrons. The monoisotopic (exact) mass is 432 g/mol. The minimum atomic E-state index is -3.90. The van der Waals surface area contributed by atoms with Gasteiger partial charge in [-0.15, -0.1) is 0 Å². The van der Waals surface area contributed by atoms with Gasteiger partial charge in [0.1, 0.15) is 6.07 Å². The van der Waals surface area contributed by atoms with Crippen LogP contribution in [0.15, 0.2) is 53.6 Å². The van der Waals surface area contributed by atoms with Crippen LogP contribution < -0.4 is 20.5 Å². The number of sulfonamides is 1. The summed E-state index contributed by atoms with van der Waals surface area (Å²) in [4.78, 5) is 7.64. The average Bonchev–Trinajstić information content (AvgIpc) is 2.69. The number of hydrogen-bond donors (Lipinski definition) is 3. The first kappa shape index (κ1) is 20.9. The summed E-state index contributed by atoms with van der Waals surface area (Å²) in [6.45, 7) is -0.314. The molecule has 0 unspecified atom stereocenters. The molecule has 1 aromatic heterocycles. The number of nitriles is 1. The lowest BCUT2D eigenvalue weighted by Crippen LogP contribution is -2.12. The number of anilines is 4. The summed E-state index contributed by atoms with van der Waals surface area (Å²) in [5.41, 5.74) is 0.487. The molecule has 3 rings (SSSR count). The summed E-state index contributed by atoms with van der Waals surface area (Å²) in [6, 6.07) is 11.1. The van der Waals surface area contributed by atoms with E-state index in [2.05, 4.69) is 20.6 Å². The van der Waals surface area contributed by atoms with Crippen molar-refractivity contribution >= 4 is 33.2 Å². The van der Waals surface area contributed by atoms with Crippen molar-refractivity contribution in [2.24, 2.45) is 5.14 Å². The molecule has 2 aromatic carbocycles. The molecule has 0 spiro atoms. The number of halogens is 2. The number of rotatable bonds is 7. The van der Waals surface area contributed by atoms with Gasteiger partial charge in [-0.25, -0.2) is 27.3 Å². The Kier molecular flexibility index (Phi) is 6.05. The van der Waals surface area contributed by atoms with E-state index in [1.807, 2.05) is 0 Å². The van der Waals surface area contributed by atoms with Crippen molar-refractivity contribution in [1.82, 2.24) is 9.97 Å². The van der Waals surface area contributed by atoms with Crippen LogP contribution in [0.5, 0.6) is 5.75 Å². The lowest BCUT2D eigenvalue weighted by atomic mass is 10.3. The number of hydrogen-bond acceptors (Lipinski definition) is 8. The Morgan fingerprint density at radius 2 is 1.87 bits per heavy atom. The van der Waals surface area contributed by atoms with E-state index in [1.54, 1.807) is 12.1 Å². The maximum atomic E-state index is 14.1. The molecule has 1 heterocycles. The van der Waals surface area contributed by atoms with Crippen LogP contribution in [0.25, 0.3) is 0 Å². The van der Waals surface area contributed by atoms with Gasteiger partial charge in [-0.1, -0.05) is 6.07 Å². The number of ether oxygens (including phenoxy) is 1. The zero-order valence-electron chi connectivity index (χ0n) is 15.1. The van der Waals surface area contributed by atoms with Crippen LogP contribution in [0.4, 0.5) is 31.9 Å². The van der Waals surface area contributed by atoms with Gasteiger partial charge >= 0.3 is 0 Å². The molecule has 0 aliphatic carbocycles. The highest BCUT2D eigenvalue weighted by Crippen LogP contribution is 2.25. The predicted octanol–water partition coefficient (Wildman–Crippen LogP) is 2.79. The van der Waals surface area contributed by atoms with Crippen molar-refractivity contribution in [1.29, 1.82) is 5.26 Å². The van der Waals surface area contributed by atoms with E-state index in [9.17, 15) is 17.2 Å². The Morgan fingerprint density at radius 3 is 2.57 bits per heavy atom. The second-order valence-electron chi connectivity index (χ2n) is 5.80. The van der Waals surface area contributed by atoms with Gasteiger partial charge in [0, 0.05) is 17.4 Å². The lowest BCUT2D eigenvalue weighted by molar-refractivity contribution is 0.346. The maximum Gasteiger partial charge on any atom is 0.238 e. The fourth-order valence-electron chi connectivity index (χ4n) is 2.34. The predicted molar refractivity (Wildman–Crippen MR) is 104 cm³/mol. The molecule has 30 heavy (non-hydrogen) atoms. The number of benzene rings is 2. The Labute approximate surface area is 170 Å². The highest BCUT2D eigenvalue weighted by atomic mass is 32.2. The third-order valence-corrected chi connectivity index (χ3v) is 4.56. The fourth-order valence-corrected chi connectivity index (χ4v) is 2.90. The van der Waals surface area contributed by atoms with E-state index >= 15 is 0 Å². The molecule has 3 aromatic rings. The van der Waals surface area contributed by atoms with Gasteiger partial charge < -0.3 is 15.4 Å². The molecule has 0 atom stereocenters. The molecule has 0 saturated heterocycles. The normalized spacial score (nSPS) is 10.9. The molecule has 0 bridgehead atoms. The largest absolute Gasteiger partial charge is 0.476 e. The zero-order chi connectivity index (χ0) is 21.7. The number of nitrogens with zero attached hydrogens (tertiary/aromatic N) is 3. The third kappa shape index (κ3) is 5.16. The highest BCUT2D eigenvalue weighted by molar-refractivity contribution is 7.89. The Hall–Kier alpha value is -3.82. The Balaban J connectivity index is 1.81. The van der Waals surface area contributed by atoms with Gasteiger partial charge in [0.2, 0.25) is 16.0 Å². The summed E-state index contributed by atoms with van der Waals surface area (Å²) < 4.78 is 55.9. The van der Waals surface area contributed by atoms with Crippen molar-refractivity contribution in [3.05, 3.63) is 60.3 Å². The highest BCUT2D eigenvalue weighted by Gasteiger charge is 2.12. The molecular weight excluding hydrogens is 418 g/mol. The number of nitrogens with two attached hydrogens (primary N) is 1. The van der Waals surface area contributed by atoms with Crippen molar-refractivity contribution in [2.45, 2.75) is 4.90 Å². The van der Waals surface area contributed by atoms with E-state index in [-0.39, 0.29) is 34.7 Å². The summed E-state index contributed by atoms with van der Waals surface area (Å²) in [5.74, 6) is -1.96. The van der Waals surface area contributed by atoms with Crippen molar-refractivity contribution in [2.75, 3.05) is 17.2 Å². The smallest absolute Gasteiger partial charge is 0.238 e. The van der Waals surface area contributed by atoms with Crippen molar-refractivity contribution < 1.29 is 21.9 Å². The van der Waals surface area contributed by atoms with Crippen LogP contribution in [-0.4, -0.2) is 25.0 Å². The number of primary sulfonamides is 1. The summed E-state index contributed by atoms with van der Waals surface area (Å²) in [6.07, 6.45) is 0.891. The molecule has 0 amide bonds. The SMILES string of the molecule is N#CCOc1ccc(Nc2nc(Nc3cccc(S(N)(=O)=O)c3)ncc2F)cc1F. The third-order valence-electron chi connectivity index (χ3n) is 3.65. The molecule has 0 saturated carbocycles. The van der Waals surface area contributed by atoms with Gasteiger partial charge in [-0.05, 0) is 30.3 Å². The van der Waals surface area contributed by atoms with Crippen LogP contribution in [-0.2, 0) is 10.0 Å². The van der Waals surface area contributed by atoms with Crippen LogP contribution in [0, 0.1) is 23.0 Å². The summed E-state index contributed by atoms with van der Waals surface area (Å²) >= 11 is 0. The summed E-state index contributed by atoms with van der Waals surface area (Å²) in [5, 5.41) is 18.9. The second-order valence-corrected chi connectivity index (χ2v) is 7.37. The van der Waals surface area contributed by atoms with Gasteiger partial charge in [0.05, 0.1) is 11.1 Å². The van der Waals surface area contributed by atoms with E-state index in [4.69, 9.17) is 15.1 Å². The minimum Gasteiger partial charge on any atom is -0.476 e. The molecule has 0 aliphatic rings. The lowest BCUT2D eigenvalue weighted by Gasteiger charge is -2.11. The molecule has 12 heteroatoms. The maximum absolute atomic E-state index is 14.1. The molecule has 0 aliphatic heterocycles. The Bertz CT molecular complexity index is 1230. The van der Waals surface area contributed by atoms with Gasteiger partial charge in [0.25, 0.3) is 0 Å². The van der Waals surface area contributed by atoms with Crippen molar-refractivity contribution in [3.8, 4) is 11.8 Å². The molecule has 0 radical (unpaired) electrons. The number of aromatic nitrogens is 2. The van der Waals surface area contributed by atoms with Crippen LogP contribution >= 0.6 is 0 Å². The first-order chi connectivity index (χ1) is 14.3. The van der Waals surface area contributed by atoms with E-state index < -0.39 is 21.7 Å². The van der Waals surface area contributed by atoms with E-state index in [1.165, 1.54) is 30.3 Å². The topological polar surface area (TPSA) is 143 Å². The number of nitrogens with one attached hydrogen (secondary N) is 2. The van der Waals surface area contributed by atoms with Gasteiger partial charge in [-0.2, -0.15) is 10.2 Å². The summed E-state index contributed by atoms with van der Waals surface area (Å²) in [7, 11) is -3.90. The van der Waals surface area contributed by atoms with Crippen LogP contribution in [0.2, 0.25) is 0 Å². The molecule has 0 fully saturated rings. The van der Waals surface area contributed by atoms with Crippen LogP contribution in [0.1, 0.15) is 0 Å². The van der Waals surface area contributed by atoms with E-state index in [0.29, 0.717) is 5.69 Å². The Morgan fingerprint density at radius 1 is 1.10 bits per heavy atom. The first-order valence-electron chi connectivity index (χ1n) is 8.25.